The highest BCUT2D eigenvalue weighted by molar-refractivity contribution is 7.18. The Morgan fingerprint density at radius 1 is 1.22 bits per heavy atom. The Kier molecular flexibility index (Phi) is 6.50. The summed E-state index contributed by atoms with van der Waals surface area (Å²) in [7, 11) is 0. The molecule has 0 spiro atoms. The fraction of sp³-hybridized carbons (Fsp3) is 0.429. The van der Waals surface area contributed by atoms with Crippen molar-refractivity contribution in [2.24, 2.45) is 5.92 Å². The van der Waals surface area contributed by atoms with Crippen molar-refractivity contribution in [1.29, 1.82) is 0 Å². The molecule has 2 aromatic rings. The smallest absolute Gasteiger partial charge is 0.308 e. The molecule has 2 N–H and O–H groups in total. The van der Waals surface area contributed by atoms with Gasteiger partial charge in [0.25, 0.3) is 0 Å². The fourth-order valence-electron chi connectivity index (χ4n) is 3.69. The minimum atomic E-state index is -0.814. The van der Waals surface area contributed by atoms with Gasteiger partial charge in [0.05, 0.1) is 12.1 Å². The van der Waals surface area contributed by atoms with Crippen molar-refractivity contribution >= 4 is 29.0 Å². The van der Waals surface area contributed by atoms with Crippen LogP contribution in [-0.2, 0) is 9.59 Å². The fourth-order valence-corrected chi connectivity index (χ4v) is 4.70. The number of carbonyl (C=O) groups excluding carboxylic acids is 1. The lowest BCUT2D eigenvalue weighted by molar-refractivity contribution is -0.137. The van der Waals surface area contributed by atoms with Crippen LogP contribution < -0.4 is 10.1 Å². The van der Waals surface area contributed by atoms with E-state index < -0.39 is 5.97 Å². The second kappa shape index (κ2) is 9.04. The van der Waals surface area contributed by atoms with Crippen molar-refractivity contribution in [3.8, 4) is 15.5 Å². The Bertz CT molecular complexity index is 781. The topological polar surface area (TPSA) is 75.6 Å². The van der Waals surface area contributed by atoms with E-state index in [1.165, 1.54) is 24.7 Å². The van der Waals surface area contributed by atoms with Crippen molar-refractivity contribution in [2.75, 3.05) is 5.32 Å². The summed E-state index contributed by atoms with van der Waals surface area (Å²) >= 11 is 1.40. The van der Waals surface area contributed by atoms with Gasteiger partial charge in [-0.05, 0) is 30.4 Å². The van der Waals surface area contributed by atoms with E-state index in [0.29, 0.717) is 16.7 Å². The van der Waals surface area contributed by atoms with Crippen LogP contribution in [0.25, 0.3) is 10.4 Å². The molecule has 5 nitrogen and oxygen atoms in total. The number of benzene rings is 1. The van der Waals surface area contributed by atoms with Gasteiger partial charge in [0.1, 0.15) is 0 Å². The summed E-state index contributed by atoms with van der Waals surface area (Å²) in [4.78, 5) is 23.9. The molecule has 27 heavy (non-hydrogen) atoms. The summed E-state index contributed by atoms with van der Waals surface area (Å²) in [6.45, 7) is 1.38. The van der Waals surface area contributed by atoms with Crippen LogP contribution in [0.2, 0.25) is 0 Å². The molecule has 0 saturated heterocycles. The van der Waals surface area contributed by atoms with Crippen molar-refractivity contribution in [3.63, 3.8) is 0 Å². The number of hydrogen-bond donors (Lipinski definition) is 2. The van der Waals surface area contributed by atoms with Crippen LogP contribution in [0.4, 0.5) is 5.69 Å². The van der Waals surface area contributed by atoms with Crippen LogP contribution in [-0.4, -0.2) is 23.1 Å². The van der Waals surface area contributed by atoms with Crippen LogP contribution >= 0.6 is 11.3 Å². The Hall–Kier alpha value is -2.34. The Balaban J connectivity index is 1.88. The lowest BCUT2D eigenvalue weighted by atomic mass is 9.82. The van der Waals surface area contributed by atoms with Crippen LogP contribution in [0.1, 0.15) is 45.4 Å². The van der Waals surface area contributed by atoms with E-state index in [4.69, 9.17) is 4.74 Å². The first-order chi connectivity index (χ1) is 13.0. The predicted octanol–water partition coefficient (Wildman–Crippen LogP) is 5.18. The van der Waals surface area contributed by atoms with Gasteiger partial charge < -0.3 is 15.2 Å². The number of thiophene rings is 1. The first-order valence-electron chi connectivity index (χ1n) is 9.39. The molecule has 1 unspecified atom stereocenters. The second-order valence-corrected chi connectivity index (χ2v) is 8.03. The number of aliphatic carboxylic acids is 1. The van der Waals surface area contributed by atoms with Crippen molar-refractivity contribution in [3.05, 3.63) is 36.4 Å². The summed E-state index contributed by atoms with van der Waals surface area (Å²) in [6, 6.07) is 11.7. The molecule has 0 amide bonds. The largest absolute Gasteiger partial charge is 0.481 e. The molecule has 3 rings (SSSR count). The zero-order valence-electron chi connectivity index (χ0n) is 15.4. The highest BCUT2D eigenvalue weighted by Gasteiger charge is 2.27. The van der Waals surface area contributed by atoms with E-state index in [-0.39, 0.29) is 18.4 Å². The summed E-state index contributed by atoms with van der Waals surface area (Å²) in [5.74, 6) is -0.877. The molecule has 1 aromatic heterocycles. The summed E-state index contributed by atoms with van der Waals surface area (Å²) in [5, 5.41) is 13.3. The summed E-state index contributed by atoms with van der Waals surface area (Å²) in [5.41, 5.74) is 1.74. The third-order valence-electron chi connectivity index (χ3n) is 4.95. The average Bonchev–Trinajstić information content (AvgIpc) is 3.04. The van der Waals surface area contributed by atoms with Crippen molar-refractivity contribution in [2.45, 2.75) is 51.5 Å². The molecule has 1 saturated carbocycles. The standard InChI is InChI=1S/C21H25NO4S/c1-14(23)26-21-18(12-19(27-21)16-10-6-3-7-11-16)22-17(13-20(24)25)15-8-4-2-5-9-15/h3,6-7,10-12,15,17,22H,2,4-5,8-9,13H2,1H3,(H,24,25). The van der Waals surface area contributed by atoms with Crippen LogP contribution in [0.15, 0.2) is 36.4 Å². The van der Waals surface area contributed by atoms with Gasteiger partial charge in [0, 0.05) is 17.8 Å². The molecule has 0 bridgehead atoms. The number of carbonyl (C=O) groups is 2. The molecule has 0 aliphatic heterocycles. The normalized spacial score (nSPS) is 15.9. The van der Waals surface area contributed by atoms with Crippen LogP contribution in [0, 0.1) is 5.92 Å². The first-order valence-corrected chi connectivity index (χ1v) is 10.2. The van der Waals surface area contributed by atoms with Gasteiger partial charge in [-0.2, -0.15) is 0 Å². The minimum absolute atomic E-state index is 0.0562. The number of anilines is 1. The van der Waals surface area contributed by atoms with E-state index in [9.17, 15) is 14.7 Å². The third-order valence-corrected chi connectivity index (χ3v) is 6.01. The lowest BCUT2D eigenvalue weighted by Gasteiger charge is -2.30. The van der Waals surface area contributed by atoms with E-state index in [2.05, 4.69) is 5.32 Å². The van der Waals surface area contributed by atoms with Gasteiger partial charge in [-0.1, -0.05) is 60.9 Å². The molecule has 1 heterocycles. The van der Waals surface area contributed by atoms with E-state index in [0.717, 1.165) is 36.1 Å². The maximum atomic E-state index is 11.5. The Morgan fingerprint density at radius 2 is 1.93 bits per heavy atom. The van der Waals surface area contributed by atoms with Crippen molar-refractivity contribution < 1.29 is 19.4 Å². The highest BCUT2D eigenvalue weighted by atomic mass is 32.1. The van der Waals surface area contributed by atoms with Crippen LogP contribution in [0.3, 0.4) is 0 Å². The van der Waals surface area contributed by atoms with E-state index in [1.807, 2.05) is 36.4 Å². The third kappa shape index (κ3) is 5.32. The van der Waals surface area contributed by atoms with Crippen LogP contribution in [0.5, 0.6) is 5.06 Å². The van der Waals surface area contributed by atoms with Gasteiger partial charge in [0.2, 0.25) is 5.06 Å². The maximum Gasteiger partial charge on any atom is 0.308 e. The monoisotopic (exact) mass is 387 g/mol. The number of nitrogens with one attached hydrogen (secondary N) is 1. The molecule has 144 valence electrons. The molecule has 6 heteroatoms. The number of carboxylic acids is 1. The number of carboxylic acid groups (broad SMARTS) is 1. The molecule has 0 radical (unpaired) electrons. The SMILES string of the molecule is CC(=O)Oc1sc(-c2ccccc2)cc1NC(CC(=O)O)C1CCCCC1. The molecule has 1 aliphatic carbocycles. The minimum Gasteiger partial charge on any atom is -0.481 e. The highest BCUT2D eigenvalue weighted by Crippen LogP contribution is 2.42. The number of hydrogen-bond acceptors (Lipinski definition) is 5. The zero-order valence-corrected chi connectivity index (χ0v) is 16.3. The van der Waals surface area contributed by atoms with Gasteiger partial charge >= 0.3 is 11.9 Å². The average molecular weight is 388 g/mol. The first kappa shape index (κ1) is 19.4. The van der Waals surface area contributed by atoms with E-state index >= 15 is 0 Å². The molecule has 1 fully saturated rings. The molecule has 1 atom stereocenters. The Labute approximate surface area is 163 Å². The number of esters is 1. The molecular weight excluding hydrogens is 362 g/mol. The van der Waals surface area contributed by atoms with Crippen molar-refractivity contribution in [1.82, 2.24) is 0 Å². The number of ether oxygens (including phenoxy) is 1. The zero-order chi connectivity index (χ0) is 19.2. The summed E-state index contributed by atoms with van der Waals surface area (Å²) in [6.07, 6.45) is 5.61. The van der Waals surface area contributed by atoms with Gasteiger partial charge in [0.15, 0.2) is 0 Å². The second-order valence-electron chi connectivity index (χ2n) is 7.02. The summed E-state index contributed by atoms with van der Waals surface area (Å²) < 4.78 is 5.41. The number of rotatable bonds is 7. The quantitative estimate of drug-likeness (QED) is 0.641. The van der Waals surface area contributed by atoms with Gasteiger partial charge in [-0.3, -0.25) is 9.59 Å². The van der Waals surface area contributed by atoms with Gasteiger partial charge in [-0.15, -0.1) is 0 Å². The molecular formula is C21H25NO4S. The van der Waals surface area contributed by atoms with E-state index in [1.54, 1.807) is 0 Å². The maximum absolute atomic E-state index is 11.5. The predicted molar refractivity (Wildman–Crippen MR) is 107 cm³/mol. The molecule has 1 aliphatic rings. The lowest BCUT2D eigenvalue weighted by Crippen LogP contribution is -2.33. The Morgan fingerprint density at radius 3 is 2.56 bits per heavy atom. The molecule has 1 aromatic carbocycles. The van der Waals surface area contributed by atoms with Gasteiger partial charge in [-0.25, -0.2) is 0 Å².